The van der Waals surface area contributed by atoms with Crippen molar-refractivity contribution in [3.8, 4) is 0 Å². The van der Waals surface area contributed by atoms with Crippen molar-refractivity contribution in [2.24, 2.45) is 17.8 Å². The third-order valence-electron chi connectivity index (χ3n) is 4.28. The Hall–Kier alpha value is 0.200. The van der Waals surface area contributed by atoms with E-state index in [-0.39, 0.29) is 9.58 Å². The van der Waals surface area contributed by atoms with Crippen LogP contribution >= 0.6 is 22.6 Å². The Morgan fingerprint density at radius 2 is 1.50 bits per heavy atom. The third kappa shape index (κ3) is 1.48. The van der Waals surface area contributed by atoms with Crippen LogP contribution < -0.4 is 0 Å². The Bertz CT molecular complexity index is 239. The summed E-state index contributed by atoms with van der Waals surface area (Å²) in [7, 11) is 0. The number of rotatable bonds is 1. The molecule has 4 bridgehead atoms. The Balaban J connectivity index is 1.83. The smallest absolute Gasteiger partial charge is 0.367 e. The average Bonchev–Trinajstić information content (AvgIpc) is 1.96. The van der Waals surface area contributed by atoms with Crippen LogP contribution in [-0.2, 0) is 4.74 Å². The van der Waals surface area contributed by atoms with Gasteiger partial charge in [-0.1, -0.05) is 0 Å². The number of carbonyl (C=O) groups is 1. The summed E-state index contributed by atoms with van der Waals surface area (Å²) in [4.78, 5) is 11.1. The van der Waals surface area contributed by atoms with Crippen LogP contribution in [0.1, 0.15) is 38.5 Å². The Morgan fingerprint density at radius 3 is 1.86 bits per heavy atom. The molecule has 0 atom stereocenters. The first kappa shape index (κ1) is 9.43. The minimum atomic E-state index is -0.107. The van der Waals surface area contributed by atoms with Crippen molar-refractivity contribution in [1.82, 2.24) is 0 Å². The summed E-state index contributed by atoms with van der Waals surface area (Å²) in [6.07, 6.45) is 7.64. The molecule has 4 fully saturated rings. The standard InChI is InChI=1S/C11H15IO2/c12-10(13)14-11-4-7-1-8(5-11)3-9(2-7)6-11/h7-9H,1-6H2. The van der Waals surface area contributed by atoms with Gasteiger partial charge in [0.1, 0.15) is 5.60 Å². The lowest BCUT2D eigenvalue weighted by Crippen LogP contribution is -2.52. The van der Waals surface area contributed by atoms with Gasteiger partial charge in [0.25, 0.3) is 0 Å². The molecule has 0 aromatic heterocycles. The summed E-state index contributed by atoms with van der Waals surface area (Å²) in [5, 5.41) is 0. The summed E-state index contributed by atoms with van der Waals surface area (Å²) in [5.74, 6) is 2.57. The fraction of sp³-hybridized carbons (Fsp3) is 0.909. The van der Waals surface area contributed by atoms with Gasteiger partial charge < -0.3 is 4.74 Å². The maximum atomic E-state index is 11.1. The van der Waals surface area contributed by atoms with Crippen molar-refractivity contribution in [3.05, 3.63) is 0 Å². The van der Waals surface area contributed by atoms with Crippen LogP contribution in [0.3, 0.4) is 0 Å². The SMILES string of the molecule is O=C(I)OC12CC3CC(CC(C3)C1)C2. The fourth-order valence-corrected chi connectivity index (χ4v) is 4.79. The monoisotopic (exact) mass is 306 g/mol. The predicted octanol–water partition coefficient (Wildman–Crippen LogP) is 3.53. The lowest BCUT2D eigenvalue weighted by Gasteiger charge is -2.55. The zero-order chi connectivity index (χ0) is 9.76. The van der Waals surface area contributed by atoms with Gasteiger partial charge in [0.05, 0.1) is 22.6 Å². The Morgan fingerprint density at radius 1 is 1.07 bits per heavy atom. The van der Waals surface area contributed by atoms with Crippen molar-refractivity contribution < 1.29 is 9.53 Å². The average molecular weight is 306 g/mol. The highest BCUT2D eigenvalue weighted by atomic mass is 127. The largest absolute Gasteiger partial charge is 0.452 e. The first-order valence-electron chi connectivity index (χ1n) is 5.54. The Labute approximate surface area is 97.9 Å². The summed E-state index contributed by atoms with van der Waals surface area (Å²) < 4.78 is 5.49. The number of carbonyl (C=O) groups excluding carboxylic acids is 1. The molecule has 3 heteroatoms. The van der Waals surface area contributed by atoms with E-state index in [0.29, 0.717) is 0 Å². The quantitative estimate of drug-likeness (QED) is 0.547. The summed E-state index contributed by atoms with van der Waals surface area (Å²) in [6, 6.07) is 0. The molecule has 4 rings (SSSR count). The molecule has 0 unspecified atom stereocenters. The molecule has 0 aromatic carbocycles. The number of hydrogen-bond acceptors (Lipinski definition) is 2. The second-order valence-electron chi connectivity index (χ2n) is 5.44. The maximum absolute atomic E-state index is 11.1. The molecule has 4 aliphatic rings. The molecule has 0 heterocycles. The topological polar surface area (TPSA) is 26.3 Å². The molecular formula is C11H15IO2. The van der Waals surface area contributed by atoms with E-state index in [1.54, 1.807) is 22.6 Å². The lowest BCUT2D eigenvalue weighted by molar-refractivity contribution is -0.120. The number of hydrogen-bond donors (Lipinski definition) is 0. The predicted molar refractivity (Wildman–Crippen MR) is 61.4 cm³/mol. The van der Waals surface area contributed by atoms with Crippen LogP contribution in [0, 0.1) is 17.8 Å². The van der Waals surface area contributed by atoms with Crippen molar-refractivity contribution in [3.63, 3.8) is 0 Å². The van der Waals surface area contributed by atoms with Crippen molar-refractivity contribution in [2.45, 2.75) is 44.1 Å². The zero-order valence-electron chi connectivity index (χ0n) is 8.17. The van der Waals surface area contributed by atoms with Crippen molar-refractivity contribution in [1.29, 1.82) is 0 Å². The van der Waals surface area contributed by atoms with Gasteiger partial charge in [-0.2, -0.15) is 0 Å². The molecule has 4 saturated carbocycles. The van der Waals surface area contributed by atoms with E-state index in [4.69, 9.17) is 4.74 Å². The second kappa shape index (κ2) is 3.09. The first-order valence-corrected chi connectivity index (χ1v) is 6.61. The van der Waals surface area contributed by atoms with Crippen molar-refractivity contribution >= 4 is 26.6 Å². The van der Waals surface area contributed by atoms with Crippen LogP contribution in [0.2, 0.25) is 0 Å². The summed E-state index contributed by atoms with van der Waals surface area (Å²) in [6.45, 7) is 0. The molecule has 78 valence electrons. The van der Waals surface area contributed by atoms with Gasteiger partial charge in [0.2, 0.25) is 0 Å². The van der Waals surface area contributed by atoms with Gasteiger partial charge in [-0.15, -0.1) is 0 Å². The van der Waals surface area contributed by atoms with Gasteiger partial charge >= 0.3 is 3.98 Å². The minimum absolute atomic E-state index is 0.0347. The van der Waals surface area contributed by atoms with E-state index in [9.17, 15) is 4.79 Å². The normalized spacial score (nSPS) is 49.4. The molecule has 0 radical (unpaired) electrons. The Kier molecular flexibility index (Phi) is 2.08. The van der Waals surface area contributed by atoms with Crippen LogP contribution in [0.25, 0.3) is 0 Å². The van der Waals surface area contributed by atoms with Crippen LogP contribution in [0.5, 0.6) is 0 Å². The molecule has 0 saturated heterocycles. The van der Waals surface area contributed by atoms with E-state index in [2.05, 4.69) is 0 Å². The van der Waals surface area contributed by atoms with E-state index in [1.807, 2.05) is 0 Å². The molecule has 0 amide bonds. The zero-order valence-corrected chi connectivity index (χ0v) is 10.3. The van der Waals surface area contributed by atoms with E-state index < -0.39 is 0 Å². The fourth-order valence-electron chi connectivity index (χ4n) is 4.33. The van der Waals surface area contributed by atoms with E-state index in [1.165, 1.54) is 19.3 Å². The highest BCUT2D eigenvalue weighted by Crippen LogP contribution is 2.57. The second-order valence-corrected chi connectivity index (χ2v) is 6.32. The molecule has 0 N–H and O–H groups in total. The molecule has 0 spiro atoms. The summed E-state index contributed by atoms with van der Waals surface area (Å²) in [5.41, 5.74) is -0.0347. The van der Waals surface area contributed by atoms with Gasteiger partial charge in [-0.3, -0.25) is 0 Å². The molecule has 4 aliphatic carbocycles. The minimum Gasteiger partial charge on any atom is -0.452 e. The van der Waals surface area contributed by atoms with Gasteiger partial charge in [0, 0.05) is 0 Å². The van der Waals surface area contributed by atoms with Gasteiger partial charge in [-0.05, 0) is 56.3 Å². The lowest BCUT2D eigenvalue weighted by atomic mass is 9.54. The molecule has 14 heavy (non-hydrogen) atoms. The number of halogens is 1. The van der Waals surface area contributed by atoms with Crippen LogP contribution in [0.4, 0.5) is 4.79 Å². The van der Waals surface area contributed by atoms with E-state index >= 15 is 0 Å². The van der Waals surface area contributed by atoms with Crippen molar-refractivity contribution in [2.75, 3.05) is 0 Å². The van der Waals surface area contributed by atoms with Crippen LogP contribution in [-0.4, -0.2) is 9.58 Å². The van der Waals surface area contributed by atoms with Gasteiger partial charge in [-0.25, -0.2) is 4.79 Å². The maximum Gasteiger partial charge on any atom is 0.367 e. The van der Waals surface area contributed by atoms with E-state index in [0.717, 1.165) is 37.0 Å². The van der Waals surface area contributed by atoms with Crippen LogP contribution in [0.15, 0.2) is 0 Å². The summed E-state index contributed by atoms with van der Waals surface area (Å²) >= 11 is 1.77. The third-order valence-corrected chi connectivity index (χ3v) is 4.50. The molecule has 0 aromatic rings. The van der Waals surface area contributed by atoms with Gasteiger partial charge in [0.15, 0.2) is 0 Å². The highest BCUT2D eigenvalue weighted by Gasteiger charge is 2.52. The molecular weight excluding hydrogens is 291 g/mol. The number of ether oxygens (including phenoxy) is 1. The first-order chi connectivity index (χ1) is 6.65. The molecule has 0 aliphatic heterocycles. The molecule has 2 nitrogen and oxygen atoms in total. The highest BCUT2D eigenvalue weighted by molar-refractivity contribution is 14.1.